The highest BCUT2D eigenvalue weighted by atomic mass is 79.9. The molecule has 19 heavy (non-hydrogen) atoms. The van der Waals surface area contributed by atoms with Crippen LogP contribution in [0.1, 0.15) is 11.1 Å². The molecule has 4 nitrogen and oxygen atoms in total. The second-order valence-electron chi connectivity index (χ2n) is 3.87. The van der Waals surface area contributed by atoms with Gasteiger partial charge in [0.15, 0.2) is 0 Å². The highest BCUT2D eigenvalue weighted by Gasteiger charge is 2.02. The van der Waals surface area contributed by atoms with E-state index in [0.717, 1.165) is 15.7 Å². The molecule has 0 fully saturated rings. The minimum atomic E-state index is 0.600. The van der Waals surface area contributed by atoms with Crippen LogP contribution in [0, 0.1) is 11.3 Å². The fourth-order valence-corrected chi connectivity index (χ4v) is 2.08. The summed E-state index contributed by atoms with van der Waals surface area (Å²) >= 11 is 3.44. The van der Waals surface area contributed by atoms with E-state index in [-0.39, 0.29) is 0 Å². The maximum atomic E-state index is 8.80. The first-order chi connectivity index (χ1) is 9.22. The molecule has 0 aliphatic carbocycles. The zero-order valence-electron chi connectivity index (χ0n) is 10.4. The van der Waals surface area contributed by atoms with Gasteiger partial charge in [-0.25, -0.2) is 4.98 Å². The van der Waals surface area contributed by atoms with Gasteiger partial charge in [-0.05, 0) is 39.7 Å². The van der Waals surface area contributed by atoms with Crippen LogP contribution in [0.5, 0.6) is 5.88 Å². The van der Waals surface area contributed by atoms with Gasteiger partial charge in [-0.3, -0.25) is 0 Å². The lowest BCUT2D eigenvalue weighted by atomic mass is 10.2. The van der Waals surface area contributed by atoms with Crippen LogP contribution in [0.4, 0.5) is 5.69 Å². The van der Waals surface area contributed by atoms with Crippen molar-refractivity contribution in [3.8, 4) is 11.9 Å². The van der Waals surface area contributed by atoms with E-state index in [2.05, 4.69) is 32.3 Å². The average molecular weight is 318 g/mol. The van der Waals surface area contributed by atoms with Crippen LogP contribution < -0.4 is 10.1 Å². The Morgan fingerprint density at radius 1 is 1.37 bits per heavy atom. The van der Waals surface area contributed by atoms with Gasteiger partial charge in [-0.15, -0.1) is 0 Å². The fourth-order valence-electron chi connectivity index (χ4n) is 1.56. The zero-order chi connectivity index (χ0) is 13.7. The highest BCUT2D eigenvalue weighted by molar-refractivity contribution is 9.10. The summed E-state index contributed by atoms with van der Waals surface area (Å²) in [6, 6.07) is 11.3. The predicted molar refractivity (Wildman–Crippen MR) is 77.0 cm³/mol. The first kappa shape index (κ1) is 13.4. The van der Waals surface area contributed by atoms with Crippen molar-refractivity contribution in [2.45, 2.75) is 6.54 Å². The van der Waals surface area contributed by atoms with E-state index in [1.807, 2.05) is 18.2 Å². The van der Waals surface area contributed by atoms with Gasteiger partial charge in [0.1, 0.15) is 0 Å². The molecular formula is C14H12BrN3O. The number of pyridine rings is 1. The van der Waals surface area contributed by atoms with E-state index in [0.29, 0.717) is 18.0 Å². The molecule has 2 rings (SSSR count). The van der Waals surface area contributed by atoms with Gasteiger partial charge in [0.25, 0.3) is 0 Å². The number of methoxy groups -OCH3 is 1. The molecule has 0 radical (unpaired) electrons. The summed E-state index contributed by atoms with van der Waals surface area (Å²) in [7, 11) is 1.59. The van der Waals surface area contributed by atoms with Crippen LogP contribution in [0.15, 0.2) is 41.0 Å². The highest BCUT2D eigenvalue weighted by Crippen LogP contribution is 2.24. The molecule has 0 amide bonds. The third-order valence-corrected chi connectivity index (χ3v) is 3.24. The molecule has 5 heteroatoms. The van der Waals surface area contributed by atoms with Gasteiger partial charge in [-0.2, -0.15) is 5.26 Å². The second-order valence-corrected chi connectivity index (χ2v) is 4.72. The Balaban J connectivity index is 2.04. The van der Waals surface area contributed by atoms with Crippen molar-refractivity contribution in [2.75, 3.05) is 12.4 Å². The Labute approximate surface area is 120 Å². The predicted octanol–water partition coefficient (Wildman–Crippen LogP) is 3.34. The van der Waals surface area contributed by atoms with Crippen LogP contribution in [-0.4, -0.2) is 12.1 Å². The standard InChI is InChI=1S/C14H12BrN3O/c1-19-14-5-3-11(9-18-14)8-17-13-4-2-10(7-16)6-12(13)15/h2-6,9,17H,8H2,1H3. The van der Waals surface area contributed by atoms with Crippen molar-refractivity contribution in [1.82, 2.24) is 4.98 Å². The van der Waals surface area contributed by atoms with E-state index in [4.69, 9.17) is 10.00 Å². The second kappa shape index (κ2) is 6.21. The van der Waals surface area contributed by atoms with Crippen molar-refractivity contribution in [3.05, 3.63) is 52.1 Å². The van der Waals surface area contributed by atoms with Crippen molar-refractivity contribution >= 4 is 21.6 Å². The van der Waals surface area contributed by atoms with Crippen molar-refractivity contribution in [3.63, 3.8) is 0 Å². The van der Waals surface area contributed by atoms with Gasteiger partial charge in [0, 0.05) is 29.0 Å². The molecule has 0 atom stereocenters. The van der Waals surface area contributed by atoms with Gasteiger partial charge >= 0.3 is 0 Å². The third-order valence-electron chi connectivity index (χ3n) is 2.59. The number of halogens is 1. The third kappa shape index (κ3) is 3.46. The topological polar surface area (TPSA) is 57.9 Å². The summed E-state index contributed by atoms with van der Waals surface area (Å²) in [5.41, 5.74) is 2.62. The Hall–Kier alpha value is -2.06. The number of nitriles is 1. The number of benzene rings is 1. The van der Waals surface area contributed by atoms with Crippen LogP contribution in [0.2, 0.25) is 0 Å². The van der Waals surface area contributed by atoms with Gasteiger partial charge in [0.2, 0.25) is 5.88 Å². The van der Waals surface area contributed by atoms with E-state index < -0.39 is 0 Å². The quantitative estimate of drug-likeness (QED) is 0.939. The Bertz CT molecular complexity index is 605. The normalized spacial score (nSPS) is 9.74. The molecule has 1 aromatic heterocycles. The summed E-state index contributed by atoms with van der Waals surface area (Å²) in [4.78, 5) is 4.14. The molecule has 0 unspecified atom stereocenters. The number of hydrogen-bond acceptors (Lipinski definition) is 4. The fraction of sp³-hybridized carbons (Fsp3) is 0.143. The minimum Gasteiger partial charge on any atom is -0.481 e. The van der Waals surface area contributed by atoms with Crippen LogP contribution >= 0.6 is 15.9 Å². The number of hydrogen-bond donors (Lipinski definition) is 1. The summed E-state index contributed by atoms with van der Waals surface area (Å²) in [6.45, 7) is 0.654. The van der Waals surface area contributed by atoms with Crippen LogP contribution in [0.25, 0.3) is 0 Å². The SMILES string of the molecule is COc1ccc(CNc2ccc(C#N)cc2Br)cn1. The zero-order valence-corrected chi connectivity index (χ0v) is 11.9. The molecule has 0 spiro atoms. The van der Waals surface area contributed by atoms with E-state index >= 15 is 0 Å². The largest absolute Gasteiger partial charge is 0.481 e. The summed E-state index contributed by atoms with van der Waals surface area (Å²) < 4.78 is 5.88. The van der Waals surface area contributed by atoms with Crippen molar-refractivity contribution in [2.24, 2.45) is 0 Å². The van der Waals surface area contributed by atoms with Gasteiger partial charge < -0.3 is 10.1 Å². The summed E-state index contributed by atoms with van der Waals surface area (Å²) in [5.74, 6) is 0.600. The number of nitrogens with one attached hydrogen (secondary N) is 1. The molecule has 2 aromatic rings. The smallest absolute Gasteiger partial charge is 0.212 e. The number of rotatable bonds is 4. The minimum absolute atomic E-state index is 0.600. The van der Waals surface area contributed by atoms with Crippen LogP contribution in [0.3, 0.4) is 0 Å². The van der Waals surface area contributed by atoms with Gasteiger partial charge in [-0.1, -0.05) is 6.07 Å². The van der Waals surface area contributed by atoms with E-state index in [1.54, 1.807) is 25.4 Å². The summed E-state index contributed by atoms with van der Waals surface area (Å²) in [5, 5.41) is 12.1. The lowest BCUT2D eigenvalue weighted by Gasteiger charge is -2.09. The monoisotopic (exact) mass is 317 g/mol. The Morgan fingerprint density at radius 3 is 2.79 bits per heavy atom. The van der Waals surface area contributed by atoms with E-state index in [9.17, 15) is 0 Å². The maximum absolute atomic E-state index is 8.80. The van der Waals surface area contributed by atoms with E-state index in [1.165, 1.54) is 0 Å². The maximum Gasteiger partial charge on any atom is 0.212 e. The molecular weight excluding hydrogens is 306 g/mol. The number of anilines is 1. The molecule has 0 aliphatic heterocycles. The molecule has 1 aromatic carbocycles. The Kier molecular flexibility index (Phi) is 4.37. The van der Waals surface area contributed by atoms with Crippen molar-refractivity contribution in [1.29, 1.82) is 5.26 Å². The molecule has 96 valence electrons. The molecule has 1 N–H and O–H groups in total. The number of ether oxygens (including phenoxy) is 1. The molecule has 1 heterocycles. The molecule has 0 saturated heterocycles. The molecule has 0 saturated carbocycles. The Morgan fingerprint density at radius 2 is 2.21 bits per heavy atom. The first-order valence-corrected chi connectivity index (χ1v) is 6.44. The first-order valence-electron chi connectivity index (χ1n) is 5.65. The van der Waals surface area contributed by atoms with Crippen molar-refractivity contribution < 1.29 is 4.74 Å². The lowest BCUT2D eigenvalue weighted by Crippen LogP contribution is -2.01. The molecule has 0 bridgehead atoms. The summed E-state index contributed by atoms with van der Waals surface area (Å²) in [6.07, 6.45) is 1.77. The average Bonchev–Trinajstić information content (AvgIpc) is 2.46. The number of nitrogens with zero attached hydrogens (tertiary/aromatic N) is 2. The lowest BCUT2D eigenvalue weighted by molar-refractivity contribution is 0.397. The van der Waals surface area contributed by atoms with Gasteiger partial charge in [0.05, 0.1) is 18.7 Å². The molecule has 0 aliphatic rings. The number of aromatic nitrogens is 1. The van der Waals surface area contributed by atoms with Crippen LogP contribution in [-0.2, 0) is 6.54 Å².